The Hall–Kier alpha value is -2.43. The molecule has 1 aliphatic rings. The number of halogens is 1. The zero-order valence-corrected chi connectivity index (χ0v) is 17.0. The number of morpholine rings is 1. The van der Waals surface area contributed by atoms with Crippen LogP contribution in [0.25, 0.3) is 22.2 Å². The summed E-state index contributed by atoms with van der Waals surface area (Å²) >= 11 is 6.40. The Bertz CT molecular complexity index is 1040. The van der Waals surface area contributed by atoms with Crippen LogP contribution in [-0.2, 0) is 4.74 Å². The molecule has 1 fully saturated rings. The van der Waals surface area contributed by atoms with Gasteiger partial charge in [0.2, 0.25) is 0 Å². The molecule has 0 radical (unpaired) electrons. The lowest BCUT2D eigenvalue weighted by Crippen LogP contribution is -2.48. The summed E-state index contributed by atoms with van der Waals surface area (Å²) in [5, 5.41) is 1.49. The van der Waals surface area contributed by atoms with Gasteiger partial charge in [-0.05, 0) is 45.0 Å². The second kappa shape index (κ2) is 7.53. The van der Waals surface area contributed by atoms with Crippen molar-refractivity contribution in [2.45, 2.75) is 33.0 Å². The highest BCUT2D eigenvalue weighted by atomic mass is 35.5. The normalized spacial score (nSPS) is 19.8. The van der Waals surface area contributed by atoms with Gasteiger partial charge in [0.15, 0.2) is 0 Å². The summed E-state index contributed by atoms with van der Waals surface area (Å²) < 4.78 is 5.79. The van der Waals surface area contributed by atoms with Crippen LogP contribution in [0.2, 0.25) is 5.02 Å². The van der Waals surface area contributed by atoms with Crippen molar-refractivity contribution in [3.8, 4) is 11.3 Å². The van der Waals surface area contributed by atoms with E-state index in [-0.39, 0.29) is 18.1 Å². The zero-order chi connectivity index (χ0) is 19.8. The second-order valence-corrected chi connectivity index (χ2v) is 7.93. The quantitative estimate of drug-likeness (QED) is 0.606. The first-order valence-corrected chi connectivity index (χ1v) is 9.91. The fourth-order valence-electron chi connectivity index (χ4n) is 3.84. The predicted octanol–water partition coefficient (Wildman–Crippen LogP) is 5.11. The summed E-state index contributed by atoms with van der Waals surface area (Å²) in [7, 11) is 0. The largest absolute Gasteiger partial charge is 0.372 e. The van der Waals surface area contributed by atoms with Gasteiger partial charge in [-0.2, -0.15) is 0 Å². The van der Waals surface area contributed by atoms with Crippen molar-refractivity contribution in [1.82, 2.24) is 9.88 Å². The first-order valence-electron chi connectivity index (χ1n) is 9.53. The van der Waals surface area contributed by atoms with Gasteiger partial charge in [0, 0.05) is 29.1 Å². The van der Waals surface area contributed by atoms with Crippen LogP contribution in [0.3, 0.4) is 0 Å². The summed E-state index contributed by atoms with van der Waals surface area (Å²) in [6.45, 7) is 7.19. The molecule has 0 saturated carbocycles. The maximum atomic E-state index is 13.5. The van der Waals surface area contributed by atoms with Crippen LogP contribution >= 0.6 is 11.6 Å². The monoisotopic (exact) mass is 394 g/mol. The van der Waals surface area contributed by atoms with Crippen molar-refractivity contribution in [2.75, 3.05) is 13.1 Å². The van der Waals surface area contributed by atoms with Gasteiger partial charge in [-0.1, -0.05) is 41.4 Å². The van der Waals surface area contributed by atoms with Crippen molar-refractivity contribution in [1.29, 1.82) is 0 Å². The van der Waals surface area contributed by atoms with E-state index < -0.39 is 0 Å². The van der Waals surface area contributed by atoms with Gasteiger partial charge >= 0.3 is 0 Å². The van der Waals surface area contributed by atoms with E-state index in [1.807, 2.05) is 74.2 Å². The lowest BCUT2D eigenvalue weighted by Gasteiger charge is -2.35. The van der Waals surface area contributed by atoms with Crippen LogP contribution in [-0.4, -0.2) is 41.1 Å². The van der Waals surface area contributed by atoms with E-state index in [0.717, 1.165) is 22.0 Å². The minimum Gasteiger partial charge on any atom is -0.372 e. The molecule has 4 nitrogen and oxygen atoms in total. The number of nitrogens with zero attached hydrogens (tertiary/aromatic N) is 2. The smallest absolute Gasteiger partial charge is 0.254 e. The molecule has 1 saturated heterocycles. The lowest BCUT2D eigenvalue weighted by atomic mass is 10.0. The van der Waals surface area contributed by atoms with Crippen LogP contribution in [0.1, 0.15) is 29.8 Å². The average Bonchev–Trinajstić information content (AvgIpc) is 2.66. The van der Waals surface area contributed by atoms with Gasteiger partial charge in [-0.25, -0.2) is 4.98 Å². The van der Waals surface area contributed by atoms with E-state index in [0.29, 0.717) is 29.4 Å². The average molecular weight is 395 g/mol. The number of aromatic nitrogens is 1. The van der Waals surface area contributed by atoms with Gasteiger partial charge < -0.3 is 9.64 Å². The minimum absolute atomic E-state index is 0.00769. The molecule has 0 aliphatic carbocycles. The Kier molecular flexibility index (Phi) is 5.09. The van der Waals surface area contributed by atoms with Gasteiger partial charge in [0.1, 0.15) is 0 Å². The van der Waals surface area contributed by atoms with Gasteiger partial charge in [0.05, 0.1) is 29.0 Å². The van der Waals surface area contributed by atoms with Crippen molar-refractivity contribution < 1.29 is 9.53 Å². The number of hydrogen-bond donors (Lipinski definition) is 0. The molecule has 2 atom stereocenters. The fourth-order valence-corrected chi connectivity index (χ4v) is 4.07. The molecule has 28 heavy (non-hydrogen) atoms. The molecule has 0 spiro atoms. The van der Waals surface area contributed by atoms with Crippen molar-refractivity contribution in [2.24, 2.45) is 0 Å². The van der Waals surface area contributed by atoms with Crippen molar-refractivity contribution >= 4 is 28.4 Å². The molecule has 1 amide bonds. The van der Waals surface area contributed by atoms with Crippen LogP contribution in [0.15, 0.2) is 48.5 Å². The topological polar surface area (TPSA) is 42.4 Å². The number of benzene rings is 2. The highest BCUT2D eigenvalue weighted by Gasteiger charge is 2.28. The number of carbonyl (C=O) groups excluding carboxylic acids is 1. The van der Waals surface area contributed by atoms with Crippen LogP contribution < -0.4 is 0 Å². The van der Waals surface area contributed by atoms with E-state index >= 15 is 0 Å². The molecule has 2 aromatic carbocycles. The van der Waals surface area contributed by atoms with Gasteiger partial charge in [-0.15, -0.1) is 0 Å². The van der Waals surface area contributed by atoms with E-state index in [1.54, 1.807) is 0 Å². The van der Waals surface area contributed by atoms with Crippen molar-refractivity contribution in [3.05, 3.63) is 64.7 Å². The summed E-state index contributed by atoms with van der Waals surface area (Å²) in [6.07, 6.45) is 0.0381. The predicted molar refractivity (Wildman–Crippen MR) is 113 cm³/mol. The third-order valence-electron chi connectivity index (χ3n) is 5.05. The number of rotatable bonds is 2. The molecule has 0 bridgehead atoms. The Morgan fingerprint density at radius 2 is 1.82 bits per heavy atom. The molecular weight excluding hydrogens is 372 g/mol. The number of ether oxygens (including phenoxy) is 1. The number of amides is 1. The Balaban J connectivity index is 1.87. The maximum Gasteiger partial charge on any atom is 0.254 e. The first-order chi connectivity index (χ1) is 13.4. The van der Waals surface area contributed by atoms with Crippen LogP contribution in [0.5, 0.6) is 0 Å². The Morgan fingerprint density at radius 1 is 1.11 bits per heavy atom. The minimum atomic E-state index is 0.00769. The number of carbonyl (C=O) groups is 1. The number of hydrogen-bond acceptors (Lipinski definition) is 3. The number of aryl methyl sites for hydroxylation is 1. The zero-order valence-electron chi connectivity index (χ0n) is 16.3. The van der Waals surface area contributed by atoms with Crippen LogP contribution in [0, 0.1) is 6.92 Å². The standard InChI is InChI=1S/C23H23ClN2O2/c1-14-8-9-21-18(10-14)19(23(27)26-12-15(2)28-16(3)13-26)11-22(25-21)17-6-4-5-7-20(17)24/h4-11,15-16H,12-13H2,1-3H3. The van der Waals surface area contributed by atoms with Crippen molar-refractivity contribution in [3.63, 3.8) is 0 Å². The third-order valence-corrected chi connectivity index (χ3v) is 5.38. The molecule has 0 N–H and O–H groups in total. The van der Waals surface area contributed by atoms with Gasteiger partial charge in [-0.3, -0.25) is 4.79 Å². The number of pyridine rings is 1. The fraction of sp³-hybridized carbons (Fsp3) is 0.304. The Labute approximate surface area is 170 Å². The molecule has 4 rings (SSSR count). The maximum absolute atomic E-state index is 13.5. The van der Waals surface area contributed by atoms with Crippen LogP contribution in [0.4, 0.5) is 0 Å². The van der Waals surface area contributed by atoms with E-state index in [9.17, 15) is 4.79 Å². The Morgan fingerprint density at radius 3 is 2.54 bits per heavy atom. The summed E-state index contributed by atoms with van der Waals surface area (Å²) in [6, 6.07) is 15.5. The number of fused-ring (bicyclic) bond motifs is 1. The highest BCUT2D eigenvalue weighted by Crippen LogP contribution is 2.31. The third kappa shape index (κ3) is 3.62. The first kappa shape index (κ1) is 18.9. The molecule has 1 aromatic heterocycles. The molecule has 144 valence electrons. The summed E-state index contributed by atoms with van der Waals surface area (Å²) in [5.41, 5.74) is 4.08. The molecule has 2 heterocycles. The SMILES string of the molecule is Cc1ccc2nc(-c3ccccc3Cl)cc(C(=O)N3CC(C)OC(C)C3)c2c1. The summed E-state index contributed by atoms with van der Waals surface area (Å²) in [5.74, 6) is 0.00769. The molecule has 5 heteroatoms. The molecule has 3 aromatic rings. The highest BCUT2D eigenvalue weighted by molar-refractivity contribution is 6.33. The lowest BCUT2D eigenvalue weighted by molar-refractivity contribution is -0.0585. The van der Waals surface area contributed by atoms with E-state index in [4.69, 9.17) is 21.3 Å². The van der Waals surface area contributed by atoms with E-state index in [2.05, 4.69) is 0 Å². The summed E-state index contributed by atoms with van der Waals surface area (Å²) in [4.78, 5) is 20.2. The molecular formula is C23H23ClN2O2. The van der Waals surface area contributed by atoms with E-state index in [1.165, 1.54) is 0 Å². The molecule has 2 unspecified atom stereocenters. The molecule has 1 aliphatic heterocycles. The van der Waals surface area contributed by atoms with Gasteiger partial charge in [0.25, 0.3) is 5.91 Å². The second-order valence-electron chi connectivity index (χ2n) is 7.52.